The van der Waals surface area contributed by atoms with Gasteiger partial charge in [0.05, 0.1) is 5.41 Å². The Kier molecular flexibility index (Phi) is 3.09. The van der Waals surface area contributed by atoms with Crippen LogP contribution in [-0.4, -0.2) is 16.4 Å². The molecule has 1 aromatic rings. The molecule has 1 unspecified atom stereocenters. The fourth-order valence-electron chi connectivity index (χ4n) is 1.06. The minimum absolute atomic E-state index is 0.416. The van der Waals surface area contributed by atoms with Crippen molar-refractivity contribution in [2.24, 2.45) is 0 Å². The maximum absolute atomic E-state index is 11.0. The molecule has 0 aliphatic carbocycles. The van der Waals surface area contributed by atoms with Crippen molar-refractivity contribution in [3.05, 3.63) is 35.9 Å². The predicted octanol–water partition coefficient (Wildman–Crippen LogP) is 2.42. The van der Waals surface area contributed by atoms with Crippen LogP contribution >= 0.6 is 15.9 Å². The van der Waals surface area contributed by atoms with Gasteiger partial charge in [-0.3, -0.25) is 4.79 Å². The second kappa shape index (κ2) is 3.92. The Morgan fingerprint density at radius 1 is 1.46 bits per heavy atom. The third-order valence-corrected chi connectivity index (χ3v) is 3.27. The second-order valence-electron chi connectivity index (χ2n) is 3.14. The molecule has 1 N–H and O–H groups in total. The van der Waals surface area contributed by atoms with Crippen LogP contribution in [0, 0.1) is 0 Å². The summed E-state index contributed by atoms with van der Waals surface area (Å²) in [5, 5.41) is 9.47. The molecule has 2 nitrogen and oxygen atoms in total. The highest BCUT2D eigenvalue weighted by Gasteiger charge is 2.33. The zero-order valence-electron chi connectivity index (χ0n) is 7.33. The molecular formula is C10H11BrO2. The molecule has 0 radical (unpaired) electrons. The summed E-state index contributed by atoms with van der Waals surface area (Å²) in [7, 11) is 0. The van der Waals surface area contributed by atoms with E-state index in [1.807, 2.05) is 30.3 Å². The van der Waals surface area contributed by atoms with E-state index in [0.29, 0.717) is 5.33 Å². The lowest BCUT2D eigenvalue weighted by Gasteiger charge is -2.22. The summed E-state index contributed by atoms with van der Waals surface area (Å²) in [6, 6.07) is 9.23. The highest BCUT2D eigenvalue weighted by Crippen LogP contribution is 2.25. The lowest BCUT2D eigenvalue weighted by molar-refractivity contribution is -0.142. The largest absolute Gasteiger partial charge is 0.481 e. The molecule has 0 aliphatic rings. The third kappa shape index (κ3) is 1.91. The molecule has 1 aromatic carbocycles. The molecule has 3 heteroatoms. The third-order valence-electron chi connectivity index (χ3n) is 2.15. The average molecular weight is 243 g/mol. The smallest absolute Gasteiger partial charge is 0.314 e. The zero-order chi connectivity index (χ0) is 9.90. The summed E-state index contributed by atoms with van der Waals surface area (Å²) in [6.45, 7) is 1.71. The number of carboxylic acids is 1. The normalized spacial score (nSPS) is 14.9. The lowest BCUT2D eigenvalue weighted by Crippen LogP contribution is -2.33. The van der Waals surface area contributed by atoms with Crippen molar-refractivity contribution < 1.29 is 9.90 Å². The Labute approximate surface area is 85.7 Å². The number of hydrogen-bond acceptors (Lipinski definition) is 1. The minimum atomic E-state index is -0.832. The Hall–Kier alpha value is -0.830. The number of carbonyl (C=O) groups is 1. The van der Waals surface area contributed by atoms with Gasteiger partial charge in [0.25, 0.3) is 0 Å². The first-order valence-corrected chi connectivity index (χ1v) is 5.08. The van der Waals surface area contributed by atoms with Gasteiger partial charge >= 0.3 is 5.97 Å². The molecule has 1 atom stereocenters. The molecule has 70 valence electrons. The molecule has 0 heterocycles. The van der Waals surface area contributed by atoms with Crippen LogP contribution < -0.4 is 0 Å². The number of benzene rings is 1. The lowest BCUT2D eigenvalue weighted by atomic mass is 9.85. The average Bonchev–Trinajstić information content (AvgIpc) is 2.17. The molecule has 0 amide bonds. The molecule has 13 heavy (non-hydrogen) atoms. The SMILES string of the molecule is CC(CBr)(C(=O)O)c1ccccc1. The van der Waals surface area contributed by atoms with Gasteiger partial charge in [0, 0.05) is 5.33 Å². The summed E-state index contributed by atoms with van der Waals surface area (Å²) in [5.41, 5.74) is -0.0132. The van der Waals surface area contributed by atoms with E-state index in [2.05, 4.69) is 15.9 Å². The number of halogens is 1. The highest BCUT2D eigenvalue weighted by atomic mass is 79.9. The van der Waals surface area contributed by atoms with Crippen LogP contribution in [-0.2, 0) is 10.2 Å². The summed E-state index contributed by atoms with van der Waals surface area (Å²) in [6.07, 6.45) is 0. The summed E-state index contributed by atoms with van der Waals surface area (Å²) >= 11 is 3.23. The van der Waals surface area contributed by atoms with Crippen molar-refractivity contribution in [2.75, 3.05) is 5.33 Å². The summed E-state index contributed by atoms with van der Waals surface area (Å²) in [5.74, 6) is -0.810. The van der Waals surface area contributed by atoms with Crippen LogP contribution in [0.15, 0.2) is 30.3 Å². The van der Waals surface area contributed by atoms with Crippen molar-refractivity contribution >= 4 is 21.9 Å². The topological polar surface area (TPSA) is 37.3 Å². The summed E-state index contributed by atoms with van der Waals surface area (Å²) in [4.78, 5) is 11.0. The molecule has 0 fully saturated rings. The van der Waals surface area contributed by atoms with Crippen LogP contribution in [0.1, 0.15) is 12.5 Å². The van der Waals surface area contributed by atoms with Gasteiger partial charge in [0.15, 0.2) is 0 Å². The van der Waals surface area contributed by atoms with Crippen molar-refractivity contribution in [2.45, 2.75) is 12.3 Å². The van der Waals surface area contributed by atoms with Gasteiger partial charge in [0.2, 0.25) is 0 Å². The van der Waals surface area contributed by atoms with Crippen LogP contribution in [0.5, 0.6) is 0 Å². The molecule has 0 aromatic heterocycles. The van der Waals surface area contributed by atoms with Crippen molar-refractivity contribution in [3.8, 4) is 0 Å². The van der Waals surface area contributed by atoms with Gasteiger partial charge in [-0.15, -0.1) is 0 Å². The number of carboxylic acid groups (broad SMARTS) is 1. The van der Waals surface area contributed by atoms with Gasteiger partial charge in [0.1, 0.15) is 0 Å². The Morgan fingerprint density at radius 3 is 2.38 bits per heavy atom. The number of hydrogen-bond donors (Lipinski definition) is 1. The molecule has 0 bridgehead atoms. The molecule has 0 aliphatic heterocycles. The van der Waals surface area contributed by atoms with E-state index < -0.39 is 11.4 Å². The van der Waals surface area contributed by atoms with Gasteiger partial charge in [-0.1, -0.05) is 46.3 Å². The standard InChI is InChI=1S/C10H11BrO2/c1-10(7-11,9(12)13)8-5-3-2-4-6-8/h2-6H,7H2,1H3,(H,12,13). The van der Waals surface area contributed by atoms with E-state index in [9.17, 15) is 4.79 Å². The predicted molar refractivity (Wildman–Crippen MR) is 55.2 cm³/mol. The zero-order valence-corrected chi connectivity index (χ0v) is 8.91. The highest BCUT2D eigenvalue weighted by molar-refractivity contribution is 9.09. The van der Waals surface area contributed by atoms with Crippen LogP contribution in [0.3, 0.4) is 0 Å². The number of aliphatic carboxylic acids is 1. The Bertz CT molecular complexity index is 297. The molecule has 0 saturated heterocycles. The van der Waals surface area contributed by atoms with E-state index >= 15 is 0 Å². The van der Waals surface area contributed by atoms with E-state index in [-0.39, 0.29) is 0 Å². The first kappa shape index (κ1) is 10.3. The van der Waals surface area contributed by atoms with Gasteiger partial charge in [-0.2, -0.15) is 0 Å². The number of rotatable bonds is 3. The van der Waals surface area contributed by atoms with Gasteiger partial charge < -0.3 is 5.11 Å². The summed E-state index contributed by atoms with van der Waals surface area (Å²) < 4.78 is 0. The van der Waals surface area contributed by atoms with E-state index in [1.165, 1.54) is 0 Å². The van der Waals surface area contributed by atoms with Crippen molar-refractivity contribution in [1.82, 2.24) is 0 Å². The first-order valence-electron chi connectivity index (χ1n) is 3.96. The Balaban J connectivity index is 3.11. The maximum Gasteiger partial charge on any atom is 0.314 e. The fraction of sp³-hybridized carbons (Fsp3) is 0.300. The van der Waals surface area contributed by atoms with Gasteiger partial charge in [-0.25, -0.2) is 0 Å². The fourth-order valence-corrected chi connectivity index (χ4v) is 1.63. The van der Waals surface area contributed by atoms with E-state index in [0.717, 1.165) is 5.56 Å². The van der Waals surface area contributed by atoms with E-state index in [4.69, 9.17) is 5.11 Å². The van der Waals surface area contributed by atoms with Crippen molar-refractivity contribution in [1.29, 1.82) is 0 Å². The van der Waals surface area contributed by atoms with Gasteiger partial charge in [-0.05, 0) is 12.5 Å². The second-order valence-corrected chi connectivity index (χ2v) is 3.70. The Morgan fingerprint density at radius 2 is 2.00 bits per heavy atom. The molecular weight excluding hydrogens is 232 g/mol. The first-order chi connectivity index (χ1) is 6.11. The molecule has 0 spiro atoms. The minimum Gasteiger partial charge on any atom is -0.481 e. The van der Waals surface area contributed by atoms with Crippen LogP contribution in [0.2, 0.25) is 0 Å². The van der Waals surface area contributed by atoms with E-state index in [1.54, 1.807) is 6.92 Å². The van der Waals surface area contributed by atoms with Crippen LogP contribution in [0.25, 0.3) is 0 Å². The van der Waals surface area contributed by atoms with Crippen molar-refractivity contribution in [3.63, 3.8) is 0 Å². The number of alkyl halides is 1. The molecule has 1 rings (SSSR count). The van der Waals surface area contributed by atoms with Crippen LogP contribution in [0.4, 0.5) is 0 Å². The quantitative estimate of drug-likeness (QED) is 0.828. The molecule has 0 saturated carbocycles. The maximum atomic E-state index is 11.0. The monoisotopic (exact) mass is 242 g/mol.